The van der Waals surface area contributed by atoms with Crippen LogP contribution in [0, 0.1) is 11.3 Å². The van der Waals surface area contributed by atoms with Crippen LogP contribution in [0.5, 0.6) is 5.75 Å². The molecule has 0 saturated heterocycles. The molecule has 34 heavy (non-hydrogen) atoms. The van der Waals surface area contributed by atoms with Crippen molar-refractivity contribution in [2.24, 2.45) is 0 Å². The van der Waals surface area contributed by atoms with E-state index in [0.717, 1.165) is 17.0 Å². The van der Waals surface area contributed by atoms with E-state index in [2.05, 4.69) is 21.6 Å². The van der Waals surface area contributed by atoms with E-state index in [0.29, 0.717) is 33.9 Å². The number of aromatic nitrogens is 3. The Morgan fingerprint density at radius 2 is 1.88 bits per heavy atom. The number of hydrogen-bond acceptors (Lipinski definition) is 6. The number of nitrogens with one attached hydrogen (secondary N) is 1. The van der Waals surface area contributed by atoms with Crippen LogP contribution in [0.15, 0.2) is 78.0 Å². The minimum atomic E-state index is -0.194. The summed E-state index contributed by atoms with van der Waals surface area (Å²) in [6.07, 6.45) is 0. The molecule has 9 heteroatoms. The highest BCUT2D eigenvalue weighted by Gasteiger charge is 2.18. The number of anilines is 1. The van der Waals surface area contributed by atoms with E-state index in [4.69, 9.17) is 21.6 Å². The van der Waals surface area contributed by atoms with Crippen LogP contribution in [0.4, 0.5) is 5.69 Å². The number of rotatable bonds is 8. The number of nitrogens with zero attached hydrogens (tertiary/aromatic N) is 4. The molecule has 0 radical (unpaired) electrons. The lowest BCUT2D eigenvalue weighted by molar-refractivity contribution is -0.113. The number of ether oxygens (including phenoxy) is 1. The van der Waals surface area contributed by atoms with E-state index >= 15 is 0 Å². The Balaban J connectivity index is 1.58. The Hall–Kier alpha value is -3.80. The summed E-state index contributed by atoms with van der Waals surface area (Å²) in [6, 6.07) is 23.7. The molecule has 7 nitrogen and oxygen atoms in total. The fraction of sp³-hybridized carbons (Fsp3) is 0.120. The van der Waals surface area contributed by atoms with Crippen molar-refractivity contribution in [2.45, 2.75) is 12.1 Å². The van der Waals surface area contributed by atoms with Crippen molar-refractivity contribution in [2.75, 3.05) is 17.7 Å². The Morgan fingerprint density at radius 3 is 2.56 bits per heavy atom. The van der Waals surface area contributed by atoms with Crippen molar-refractivity contribution < 1.29 is 9.53 Å². The molecule has 1 amide bonds. The molecule has 1 N–H and O–H groups in total. The van der Waals surface area contributed by atoms with Crippen molar-refractivity contribution in [1.29, 1.82) is 5.26 Å². The average Bonchev–Trinajstić information content (AvgIpc) is 3.28. The fourth-order valence-corrected chi connectivity index (χ4v) is 4.17. The molecule has 1 aromatic heterocycles. The summed E-state index contributed by atoms with van der Waals surface area (Å²) in [5.74, 6) is 1.31. The van der Waals surface area contributed by atoms with E-state index < -0.39 is 0 Å². The molecule has 0 aliphatic rings. The van der Waals surface area contributed by atoms with Crippen LogP contribution in [0.3, 0.4) is 0 Å². The van der Waals surface area contributed by atoms with Gasteiger partial charge in [-0.2, -0.15) is 5.26 Å². The van der Waals surface area contributed by atoms with Gasteiger partial charge in [-0.3, -0.25) is 9.36 Å². The molecular weight excluding hydrogens is 470 g/mol. The van der Waals surface area contributed by atoms with Crippen LogP contribution in [0.25, 0.3) is 17.1 Å². The van der Waals surface area contributed by atoms with Crippen molar-refractivity contribution in [3.8, 4) is 28.9 Å². The minimum absolute atomic E-state index is 0.130. The lowest BCUT2D eigenvalue weighted by Crippen LogP contribution is -2.14. The monoisotopic (exact) mass is 489 g/mol. The molecule has 0 spiro atoms. The Bertz CT molecular complexity index is 1330. The summed E-state index contributed by atoms with van der Waals surface area (Å²) in [6.45, 7) is 2.51. The van der Waals surface area contributed by atoms with Crippen LogP contribution in [-0.4, -0.2) is 33.0 Å². The van der Waals surface area contributed by atoms with Crippen molar-refractivity contribution in [3.05, 3.63) is 83.4 Å². The van der Waals surface area contributed by atoms with Gasteiger partial charge in [0.15, 0.2) is 11.0 Å². The second kappa shape index (κ2) is 10.9. The van der Waals surface area contributed by atoms with Gasteiger partial charge < -0.3 is 10.1 Å². The lowest BCUT2D eigenvalue weighted by Gasteiger charge is -2.12. The summed E-state index contributed by atoms with van der Waals surface area (Å²) < 4.78 is 7.45. The van der Waals surface area contributed by atoms with Crippen molar-refractivity contribution in [3.63, 3.8) is 0 Å². The molecular formula is C25H20ClN5O2S. The number of nitriles is 1. The fourth-order valence-electron chi connectivity index (χ4n) is 3.22. The summed E-state index contributed by atoms with van der Waals surface area (Å²) in [5, 5.41) is 21.6. The van der Waals surface area contributed by atoms with E-state index in [1.165, 1.54) is 11.8 Å². The third kappa shape index (κ3) is 5.57. The van der Waals surface area contributed by atoms with Gasteiger partial charge in [0.1, 0.15) is 5.75 Å². The molecule has 1 heterocycles. The highest BCUT2D eigenvalue weighted by Crippen LogP contribution is 2.30. The van der Waals surface area contributed by atoms with E-state index in [-0.39, 0.29) is 11.7 Å². The first-order valence-corrected chi connectivity index (χ1v) is 11.8. The first-order chi connectivity index (χ1) is 16.6. The van der Waals surface area contributed by atoms with E-state index in [1.54, 1.807) is 30.3 Å². The summed E-state index contributed by atoms with van der Waals surface area (Å²) in [4.78, 5) is 12.5. The molecule has 0 atom stereocenters. The Kier molecular flexibility index (Phi) is 7.48. The number of hydrogen-bond donors (Lipinski definition) is 1. The van der Waals surface area contributed by atoms with Gasteiger partial charge in [0.25, 0.3) is 0 Å². The molecule has 0 bridgehead atoms. The quantitative estimate of drug-likeness (QED) is 0.324. The van der Waals surface area contributed by atoms with Gasteiger partial charge in [0.05, 0.1) is 24.0 Å². The Labute approximate surface area is 206 Å². The smallest absolute Gasteiger partial charge is 0.234 e. The van der Waals surface area contributed by atoms with E-state index in [1.807, 2.05) is 54.0 Å². The largest absolute Gasteiger partial charge is 0.494 e. The maximum Gasteiger partial charge on any atom is 0.234 e. The van der Waals surface area contributed by atoms with Crippen LogP contribution in [0.1, 0.15) is 12.5 Å². The number of amides is 1. The van der Waals surface area contributed by atoms with Gasteiger partial charge in [-0.25, -0.2) is 0 Å². The minimum Gasteiger partial charge on any atom is -0.494 e. The first-order valence-electron chi connectivity index (χ1n) is 10.4. The summed E-state index contributed by atoms with van der Waals surface area (Å²) in [7, 11) is 0. The zero-order valence-corrected chi connectivity index (χ0v) is 19.8. The van der Waals surface area contributed by atoms with Crippen molar-refractivity contribution in [1.82, 2.24) is 14.8 Å². The highest BCUT2D eigenvalue weighted by molar-refractivity contribution is 7.99. The van der Waals surface area contributed by atoms with Crippen LogP contribution in [0.2, 0.25) is 5.02 Å². The molecule has 0 saturated carbocycles. The SMILES string of the molecule is CCOc1ccc(-n2c(SCC(=O)Nc3ccc(C#N)cc3)nnc2-c2cccc(Cl)c2)cc1. The van der Waals surface area contributed by atoms with Gasteiger partial charge >= 0.3 is 0 Å². The molecule has 0 unspecified atom stereocenters. The van der Waals surface area contributed by atoms with Gasteiger partial charge in [0, 0.05) is 22.0 Å². The Morgan fingerprint density at radius 1 is 1.12 bits per heavy atom. The normalized spacial score (nSPS) is 10.5. The number of carbonyl (C=O) groups is 1. The maximum absolute atomic E-state index is 12.5. The number of carbonyl (C=O) groups excluding carboxylic acids is 1. The van der Waals surface area contributed by atoms with Gasteiger partial charge in [-0.1, -0.05) is 35.5 Å². The summed E-state index contributed by atoms with van der Waals surface area (Å²) >= 11 is 7.48. The number of benzene rings is 3. The molecule has 170 valence electrons. The molecule has 0 fully saturated rings. The molecule has 4 aromatic rings. The number of halogens is 1. The third-order valence-electron chi connectivity index (χ3n) is 4.75. The predicted molar refractivity (Wildman–Crippen MR) is 133 cm³/mol. The summed E-state index contributed by atoms with van der Waals surface area (Å²) in [5.41, 5.74) is 2.79. The van der Waals surface area contributed by atoms with Gasteiger partial charge in [-0.15, -0.1) is 10.2 Å². The van der Waals surface area contributed by atoms with Crippen LogP contribution < -0.4 is 10.1 Å². The maximum atomic E-state index is 12.5. The second-order valence-electron chi connectivity index (χ2n) is 7.10. The lowest BCUT2D eigenvalue weighted by atomic mass is 10.2. The van der Waals surface area contributed by atoms with Crippen LogP contribution in [-0.2, 0) is 4.79 Å². The average molecular weight is 490 g/mol. The molecule has 0 aliphatic heterocycles. The molecule has 3 aromatic carbocycles. The third-order valence-corrected chi connectivity index (χ3v) is 5.92. The van der Waals surface area contributed by atoms with Gasteiger partial charge in [-0.05, 0) is 67.6 Å². The topological polar surface area (TPSA) is 92.8 Å². The van der Waals surface area contributed by atoms with E-state index in [9.17, 15) is 4.79 Å². The highest BCUT2D eigenvalue weighted by atomic mass is 35.5. The zero-order chi connectivity index (χ0) is 23.9. The van der Waals surface area contributed by atoms with Crippen molar-refractivity contribution >= 4 is 35.0 Å². The van der Waals surface area contributed by atoms with Crippen LogP contribution >= 0.6 is 23.4 Å². The molecule has 4 rings (SSSR count). The predicted octanol–water partition coefficient (Wildman–Crippen LogP) is 5.59. The molecule has 0 aliphatic carbocycles. The standard InChI is InChI=1S/C25H20ClN5O2S/c1-2-33-22-12-10-21(11-13-22)31-24(18-4-3-5-19(26)14-18)29-30-25(31)34-16-23(32)28-20-8-6-17(15-27)7-9-20/h3-14H,2,16H2,1H3,(H,28,32). The second-order valence-corrected chi connectivity index (χ2v) is 8.48. The first kappa shape index (κ1) is 23.4. The number of thioether (sulfide) groups is 1. The van der Waals surface area contributed by atoms with Gasteiger partial charge in [0.2, 0.25) is 5.91 Å². The zero-order valence-electron chi connectivity index (χ0n) is 18.2.